The second-order valence-electron chi connectivity index (χ2n) is 4.72. The van der Waals surface area contributed by atoms with E-state index in [-0.39, 0.29) is 0 Å². The van der Waals surface area contributed by atoms with Gasteiger partial charge in [0.2, 0.25) is 0 Å². The molecule has 0 aliphatic heterocycles. The van der Waals surface area contributed by atoms with Gasteiger partial charge in [-0.25, -0.2) is 4.98 Å². The Balaban J connectivity index is 1.50. The number of aryl methyl sites for hydroxylation is 1. The standard InChI is InChI=1S/C16H22N2OS/c1-19-14-7-9-15(10-8-14)20-13-5-3-2-4-6-16-17-11-12-18-16/h7-12H,2-6,13H2,1H3,(H,17,18). The Kier molecular flexibility index (Phi) is 6.51. The Morgan fingerprint density at radius 1 is 1.10 bits per heavy atom. The molecule has 1 N–H and O–H groups in total. The number of thioether (sulfide) groups is 1. The Morgan fingerprint density at radius 3 is 2.60 bits per heavy atom. The first-order chi connectivity index (χ1) is 9.88. The van der Waals surface area contributed by atoms with Crippen molar-refractivity contribution in [3.05, 3.63) is 42.5 Å². The average molecular weight is 290 g/mol. The van der Waals surface area contributed by atoms with Crippen LogP contribution >= 0.6 is 11.8 Å². The Bertz CT molecular complexity index is 468. The van der Waals surface area contributed by atoms with Gasteiger partial charge in [-0.15, -0.1) is 11.8 Å². The predicted molar refractivity (Wildman–Crippen MR) is 84.5 cm³/mol. The number of rotatable bonds is 9. The van der Waals surface area contributed by atoms with Crippen molar-refractivity contribution in [2.24, 2.45) is 0 Å². The molecule has 0 bridgehead atoms. The second-order valence-corrected chi connectivity index (χ2v) is 5.89. The van der Waals surface area contributed by atoms with Crippen LogP contribution in [0.2, 0.25) is 0 Å². The van der Waals surface area contributed by atoms with Crippen LogP contribution in [0.5, 0.6) is 5.75 Å². The first-order valence-electron chi connectivity index (χ1n) is 7.13. The van der Waals surface area contributed by atoms with E-state index in [4.69, 9.17) is 4.74 Å². The third-order valence-corrected chi connectivity index (χ3v) is 4.29. The highest BCUT2D eigenvalue weighted by molar-refractivity contribution is 7.99. The summed E-state index contributed by atoms with van der Waals surface area (Å²) in [5.74, 6) is 3.22. The van der Waals surface area contributed by atoms with Crippen molar-refractivity contribution in [3.8, 4) is 5.75 Å². The molecule has 0 fully saturated rings. The third kappa shape index (κ3) is 5.29. The van der Waals surface area contributed by atoms with Gasteiger partial charge in [0.25, 0.3) is 0 Å². The summed E-state index contributed by atoms with van der Waals surface area (Å²) in [4.78, 5) is 8.70. The maximum absolute atomic E-state index is 5.15. The minimum Gasteiger partial charge on any atom is -0.497 e. The summed E-state index contributed by atoms with van der Waals surface area (Å²) in [6.07, 6.45) is 9.85. The topological polar surface area (TPSA) is 37.9 Å². The van der Waals surface area contributed by atoms with E-state index in [1.165, 1.54) is 36.3 Å². The molecule has 0 saturated carbocycles. The summed E-state index contributed by atoms with van der Waals surface area (Å²) < 4.78 is 5.15. The van der Waals surface area contributed by atoms with E-state index >= 15 is 0 Å². The highest BCUT2D eigenvalue weighted by Gasteiger charge is 1.97. The number of benzene rings is 1. The molecule has 3 nitrogen and oxygen atoms in total. The van der Waals surface area contributed by atoms with Crippen LogP contribution in [-0.4, -0.2) is 22.8 Å². The minimum absolute atomic E-state index is 0.923. The highest BCUT2D eigenvalue weighted by Crippen LogP contribution is 2.22. The lowest BCUT2D eigenvalue weighted by molar-refractivity contribution is 0.414. The monoisotopic (exact) mass is 290 g/mol. The van der Waals surface area contributed by atoms with Gasteiger partial charge in [0.05, 0.1) is 7.11 Å². The summed E-state index contributed by atoms with van der Waals surface area (Å²) >= 11 is 1.92. The van der Waals surface area contributed by atoms with Crippen LogP contribution in [0.1, 0.15) is 31.5 Å². The Hall–Kier alpha value is -1.42. The maximum atomic E-state index is 5.15. The molecule has 1 aromatic heterocycles. The molecule has 0 radical (unpaired) electrons. The van der Waals surface area contributed by atoms with Crippen LogP contribution in [0.25, 0.3) is 0 Å². The van der Waals surface area contributed by atoms with Gasteiger partial charge in [0, 0.05) is 23.7 Å². The molecule has 0 atom stereocenters. The Labute approximate surface area is 125 Å². The first kappa shape index (κ1) is 15.0. The largest absolute Gasteiger partial charge is 0.497 e. The lowest BCUT2D eigenvalue weighted by atomic mass is 10.1. The molecule has 0 saturated heterocycles. The average Bonchev–Trinajstić information content (AvgIpc) is 3.00. The summed E-state index contributed by atoms with van der Waals surface area (Å²) in [6.45, 7) is 0. The molecule has 2 rings (SSSR count). The normalized spacial score (nSPS) is 10.7. The van der Waals surface area contributed by atoms with Crippen LogP contribution in [0.3, 0.4) is 0 Å². The van der Waals surface area contributed by atoms with E-state index in [1.807, 2.05) is 36.3 Å². The van der Waals surface area contributed by atoms with Gasteiger partial charge in [-0.3, -0.25) is 0 Å². The first-order valence-corrected chi connectivity index (χ1v) is 8.12. The zero-order valence-corrected chi connectivity index (χ0v) is 12.8. The molecule has 20 heavy (non-hydrogen) atoms. The van der Waals surface area contributed by atoms with E-state index in [0.29, 0.717) is 0 Å². The van der Waals surface area contributed by atoms with Crippen molar-refractivity contribution in [3.63, 3.8) is 0 Å². The van der Waals surface area contributed by atoms with Crippen molar-refractivity contribution >= 4 is 11.8 Å². The number of aromatic nitrogens is 2. The maximum Gasteiger partial charge on any atom is 0.118 e. The number of unbranched alkanes of at least 4 members (excludes halogenated alkanes) is 3. The fraction of sp³-hybridized carbons (Fsp3) is 0.438. The van der Waals surface area contributed by atoms with Gasteiger partial charge < -0.3 is 9.72 Å². The van der Waals surface area contributed by atoms with Crippen molar-refractivity contribution in [1.29, 1.82) is 0 Å². The van der Waals surface area contributed by atoms with Gasteiger partial charge in [0.15, 0.2) is 0 Å². The summed E-state index contributed by atoms with van der Waals surface area (Å²) in [5.41, 5.74) is 0. The van der Waals surface area contributed by atoms with Crippen LogP contribution < -0.4 is 4.74 Å². The molecule has 1 heterocycles. The molecule has 2 aromatic rings. The molecule has 0 spiro atoms. The Morgan fingerprint density at radius 2 is 1.90 bits per heavy atom. The van der Waals surface area contributed by atoms with Crippen molar-refractivity contribution in [2.45, 2.75) is 37.0 Å². The number of hydrogen-bond acceptors (Lipinski definition) is 3. The lowest BCUT2D eigenvalue weighted by Crippen LogP contribution is -1.89. The van der Waals surface area contributed by atoms with Crippen molar-refractivity contribution in [2.75, 3.05) is 12.9 Å². The second kappa shape index (κ2) is 8.69. The van der Waals surface area contributed by atoms with Gasteiger partial charge >= 0.3 is 0 Å². The molecule has 4 heteroatoms. The number of imidazole rings is 1. The minimum atomic E-state index is 0.923. The number of H-pyrrole nitrogens is 1. The molecule has 0 amide bonds. The molecule has 0 unspecified atom stereocenters. The van der Waals surface area contributed by atoms with E-state index in [1.54, 1.807) is 7.11 Å². The third-order valence-electron chi connectivity index (χ3n) is 3.19. The number of hydrogen-bond donors (Lipinski definition) is 1. The molecule has 0 aliphatic carbocycles. The number of aromatic amines is 1. The van der Waals surface area contributed by atoms with Gasteiger partial charge in [-0.1, -0.05) is 12.8 Å². The SMILES string of the molecule is COc1ccc(SCCCCCCc2ncc[nH]2)cc1. The lowest BCUT2D eigenvalue weighted by Gasteiger charge is -2.03. The number of nitrogens with zero attached hydrogens (tertiary/aromatic N) is 1. The smallest absolute Gasteiger partial charge is 0.118 e. The number of methoxy groups -OCH3 is 1. The van der Waals surface area contributed by atoms with Gasteiger partial charge in [-0.05, 0) is 42.9 Å². The van der Waals surface area contributed by atoms with Crippen LogP contribution in [0, 0.1) is 0 Å². The summed E-state index contributed by atoms with van der Waals surface area (Å²) in [5, 5.41) is 0. The van der Waals surface area contributed by atoms with Crippen LogP contribution in [0.15, 0.2) is 41.6 Å². The highest BCUT2D eigenvalue weighted by atomic mass is 32.2. The number of ether oxygens (including phenoxy) is 1. The van der Waals surface area contributed by atoms with Crippen LogP contribution in [0.4, 0.5) is 0 Å². The summed E-state index contributed by atoms with van der Waals surface area (Å²) in [7, 11) is 1.70. The van der Waals surface area contributed by atoms with Gasteiger partial charge in [0.1, 0.15) is 11.6 Å². The van der Waals surface area contributed by atoms with Gasteiger partial charge in [-0.2, -0.15) is 0 Å². The number of nitrogens with one attached hydrogen (secondary N) is 1. The zero-order chi connectivity index (χ0) is 14.0. The van der Waals surface area contributed by atoms with E-state index in [9.17, 15) is 0 Å². The van der Waals surface area contributed by atoms with Crippen molar-refractivity contribution < 1.29 is 4.74 Å². The predicted octanol–water partition coefficient (Wildman–Crippen LogP) is 4.31. The molecule has 108 valence electrons. The molecular formula is C16H22N2OS. The summed E-state index contributed by atoms with van der Waals surface area (Å²) in [6, 6.07) is 8.29. The fourth-order valence-electron chi connectivity index (χ4n) is 2.04. The van der Waals surface area contributed by atoms with E-state index in [0.717, 1.165) is 18.0 Å². The van der Waals surface area contributed by atoms with Crippen molar-refractivity contribution in [1.82, 2.24) is 9.97 Å². The molecule has 0 aliphatic rings. The van der Waals surface area contributed by atoms with E-state index < -0.39 is 0 Å². The molecular weight excluding hydrogens is 268 g/mol. The van der Waals surface area contributed by atoms with E-state index in [2.05, 4.69) is 22.1 Å². The molecule has 1 aromatic carbocycles. The van der Waals surface area contributed by atoms with Crippen LogP contribution in [-0.2, 0) is 6.42 Å². The quantitative estimate of drug-likeness (QED) is 0.552. The zero-order valence-electron chi connectivity index (χ0n) is 12.0. The fourth-order valence-corrected chi connectivity index (χ4v) is 2.96.